The minimum Gasteiger partial charge on any atom is -0.479 e. The van der Waals surface area contributed by atoms with E-state index < -0.39 is 23.5 Å². The number of carboxylic acids is 1. The van der Waals surface area contributed by atoms with E-state index >= 15 is 0 Å². The number of carbonyl (C=O) groups is 1. The third-order valence-electron chi connectivity index (χ3n) is 3.08. The maximum absolute atomic E-state index is 14.0. The van der Waals surface area contributed by atoms with Gasteiger partial charge in [-0.2, -0.15) is 0 Å². The molecule has 1 N–H and O–H groups in total. The number of alkyl halides is 3. The Morgan fingerprint density at radius 3 is 2.17 bits per heavy atom. The van der Waals surface area contributed by atoms with Crippen molar-refractivity contribution in [1.29, 1.82) is 0 Å². The van der Waals surface area contributed by atoms with Crippen LogP contribution in [0, 0.1) is 0 Å². The first-order chi connectivity index (χ1) is 8.25. The van der Waals surface area contributed by atoms with Crippen molar-refractivity contribution in [1.82, 2.24) is 0 Å². The first kappa shape index (κ1) is 14.5. The summed E-state index contributed by atoms with van der Waals surface area (Å²) in [6, 6.07) is 7.66. The highest BCUT2D eigenvalue weighted by Gasteiger charge is 2.61. The standard InChI is InChI=1S/C13H15F3O2/c1-3-10(9-7-5-4-6-8-9)13(15,16)12(2,14)11(17)18/h4-8,10H,3H2,1-2H3,(H,17,18). The highest BCUT2D eigenvalue weighted by atomic mass is 19.3. The topological polar surface area (TPSA) is 37.3 Å². The number of hydrogen-bond acceptors (Lipinski definition) is 1. The molecule has 2 unspecified atom stereocenters. The zero-order valence-corrected chi connectivity index (χ0v) is 10.2. The second-order valence-electron chi connectivity index (χ2n) is 4.30. The molecule has 18 heavy (non-hydrogen) atoms. The first-order valence-electron chi connectivity index (χ1n) is 5.60. The quantitative estimate of drug-likeness (QED) is 0.877. The fourth-order valence-electron chi connectivity index (χ4n) is 1.86. The van der Waals surface area contributed by atoms with Crippen LogP contribution in [0.25, 0.3) is 0 Å². The molecule has 5 heteroatoms. The molecule has 0 aliphatic heterocycles. The fraction of sp³-hybridized carbons (Fsp3) is 0.462. The number of halogens is 3. The molecule has 100 valence electrons. The molecule has 0 spiro atoms. The Balaban J connectivity index is 3.20. The largest absolute Gasteiger partial charge is 0.479 e. The summed E-state index contributed by atoms with van der Waals surface area (Å²) < 4.78 is 41.9. The van der Waals surface area contributed by atoms with E-state index in [1.807, 2.05) is 0 Å². The van der Waals surface area contributed by atoms with E-state index in [2.05, 4.69) is 0 Å². The van der Waals surface area contributed by atoms with Gasteiger partial charge in [0.2, 0.25) is 0 Å². The lowest BCUT2D eigenvalue weighted by molar-refractivity contribution is -0.187. The average molecular weight is 260 g/mol. The molecular weight excluding hydrogens is 245 g/mol. The van der Waals surface area contributed by atoms with Crippen LogP contribution < -0.4 is 0 Å². The molecule has 0 bridgehead atoms. The zero-order valence-electron chi connectivity index (χ0n) is 10.2. The number of benzene rings is 1. The van der Waals surface area contributed by atoms with Gasteiger partial charge < -0.3 is 5.11 Å². The average Bonchev–Trinajstić information content (AvgIpc) is 2.30. The summed E-state index contributed by atoms with van der Waals surface area (Å²) in [5.74, 6) is -7.60. The summed E-state index contributed by atoms with van der Waals surface area (Å²) in [5.41, 5.74) is -3.36. The Kier molecular flexibility index (Phi) is 4.04. The lowest BCUT2D eigenvalue weighted by Gasteiger charge is -2.33. The predicted octanol–water partition coefficient (Wildman–Crippen LogP) is 3.63. The van der Waals surface area contributed by atoms with Crippen molar-refractivity contribution in [3.63, 3.8) is 0 Å². The van der Waals surface area contributed by atoms with Gasteiger partial charge in [-0.15, -0.1) is 0 Å². The van der Waals surface area contributed by atoms with Crippen molar-refractivity contribution < 1.29 is 23.1 Å². The second-order valence-corrected chi connectivity index (χ2v) is 4.30. The van der Waals surface area contributed by atoms with Crippen LogP contribution in [0.2, 0.25) is 0 Å². The number of hydrogen-bond donors (Lipinski definition) is 1. The van der Waals surface area contributed by atoms with Gasteiger partial charge in [0.15, 0.2) is 0 Å². The van der Waals surface area contributed by atoms with Crippen molar-refractivity contribution >= 4 is 5.97 Å². The Morgan fingerprint density at radius 2 is 1.78 bits per heavy atom. The van der Waals surface area contributed by atoms with Crippen molar-refractivity contribution in [2.75, 3.05) is 0 Å². The third-order valence-corrected chi connectivity index (χ3v) is 3.08. The van der Waals surface area contributed by atoms with Crippen LogP contribution in [0.4, 0.5) is 13.2 Å². The van der Waals surface area contributed by atoms with Gasteiger partial charge in [-0.25, -0.2) is 18.0 Å². The molecule has 0 heterocycles. The maximum atomic E-state index is 14.0. The normalized spacial score (nSPS) is 16.9. The van der Waals surface area contributed by atoms with E-state index in [-0.39, 0.29) is 12.0 Å². The molecule has 0 amide bonds. The second kappa shape index (κ2) is 5.00. The van der Waals surface area contributed by atoms with E-state index in [0.717, 1.165) is 0 Å². The lowest BCUT2D eigenvalue weighted by Crippen LogP contribution is -2.51. The maximum Gasteiger partial charge on any atom is 0.347 e. The fourth-order valence-corrected chi connectivity index (χ4v) is 1.86. The van der Waals surface area contributed by atoms with Crippen LogP contribution in [0.3, 0.4) is 0 Å². The SMILES string of the molecule is CCC(c1ccccc1)C(F)(F)C(C)(F)C(=O)O. The van der Waals surface area contributed by atoms with E-state index in [4.69, 9.17) is 5.11 Å². The molecule has 1 aromatic carbocycles. The monoisotopic (exact) mass is 260 g/mol. The molecule has 0 aromatic heterocycles. The van der Waals surface area contributed by atoms with Gasteiger partial charge in [0.1, 0.15) is 0 Å². The van der Waals surface area contributed by atoms with Crippen LogP contribution in [0.15, 0.2) is 30.3 Å². The van der Waals surface area contributed by atoms with Gasteiger partial charge in [-0.3, -0.25) is 0 Å². The summed E-state index contributed by atoms with van der Waals surface area (Å²) in [4.78, 5) is 10.7. The third kappa shape index (κ3) is 2.35. The summed E-state index contributed by atoms with van der Waals surface area (Å²) in [6.45, 7) is 1.88. The molecule has 0 saturated carbocycles. The van der Waals surface area contributed by atoms with Crippen molar-refractivity contribution in [2.45, 2.75) is 37.8 Å². The van der Waals surface area contributed by atoms with Crippen LogP contribution in [-0.2, 0) is 4.79 Å². The molecule has 0 fully saturated rings. The van der Waals surface area contributed by atoms with Crippen LogP contribution >= 0.6 is 0 Å². The molecule has 0 aliphatic carbocycles. The summed E-state index contributed by atoms with van der Waals surface area (Å²) in [5, 5.41) is 8.61. The highest BCUT2D eigenvalue weighted by molar-refractivity contribution is 5.78. The zero-order chi connectivity index (χ0) is 14.0. The highest BCUT2D eigenvalue weighted by Crippen LogP contribution is 2.45. The Labute approximate surface area is 103 Å². The minimum atomic E-state index is -3.98. The van der Waals surface area contributed by atoms with Crippen LogP contribution in [-0.4, -0.2) is 22.7 Å². The first-order valence-corrected chi connectivity index (χ1v) is 5.60. The van der Waals surface area contributed by atoms with E-state index in [0.29, 0.717) is 6.92 Å². The predicted molar refractivity (Wildman–Crippen MR) is 61.6 cm³/mol. The molecular formula is C13H15F3O2. The Hall–Kier alpha value is -1.52. The van der Waals surface area contributed by atoms with Crippen molar-refractivity contribution in [3.8, 4) is 0 Å². The summed E-state index contributed by atoms with van der Waals surface area (Å²) in [6.07, 6.45) is -0.0518. The smallest absolute Gasteiger partial charge is 0.347 e. The minimum absolute atomic E-state index is 0.0518. The van der Waals surface area contributed by atoms with Crippen molar-refractivity contribution in [2.24, 2.45) is 0 Å². The van der Waals surface area contributed by atoms with Gasteiger partial charge in [-0.1, -0.05) is 37.3 Å². The lowest BCUT2D eigenvalue weighted by atomic mass is 9.82. The molecule has 1 aromatic rings. The van der Waals surface area contributed by atoms with Gasteiger partial charge >= 0.3 is 5.97 Å². The molecule has 1 rings (SSSR count). The molecule has 2 atom stereocenters. The van der Waals surface area contributed by atoms with Crippen molar-refractivity contribution in [3.05, 3.63) is 35.9 Å². The Morgan fingerprint density at radius 1 is 1.28 bits per heavy atom. The summed E-state index contributed by atoms with van der Waals surface area (Å²) in [7, 11) is 0. The molecule has 0 saturated heterocycles. The van der Waals surface area contributed by atoms with E-state index in [1.165, 1.54) is 19.1 Å². The number of carboxylic acid groups (broad SMARTS) is 1. The molecule has 0 aliphatic rings. The van der Waals surface area contributed by atoms with Gasteiger partial charge in [0.05, 0.1) is 5.92 Å². The van der Waals surface area contributed by atoms with Crippen LogP contribution in [0.1, 0.15) is 31.7 Å². The Bertz CT molecular complexity index is 416. The van der Waals surface area contributed by atoms with E-state index in [1.54, 1.807) is 18.2 Å². The van der Waals surface area contributed by atoms with Gasteiger partial charge in [0, 0.05) is 0 Å². The van der Waals surface area contributed by atoms with Crippen LogP contribution in [0.5, 0.6) is 0 Å². The van der Waals surface area contributed by atoms with Gasteiger partial charge in [0.25, 0.3) is 11.6 Å². The number of rotatable bonds is 5. The molecule has 0 radical (unpaired) electrons. The summed E-state index contributed by atoms with van der Waals surface area (Å²) >= 11 is 0. The van der Waals surface area contributed by atoms with E-state index in [9.17, 15) is 18.0 Å². The molecule has 2 nitrogen and oxygen atoms in total. The van der Waals surface area contributed by atoms with Gasteiger partial charge in [-0.05, 0) is 18.9 Å². The number of aliphatic carboxylic acids is 1.